The lowest BCUT2D eigenvalue weighted by atomic mass is 10.2. The van der Waals surface area contributed by atoms with Gasteiger partial charge in [0.15, 0.2) is 5.96 Å². The summed E-state index contributed by atoms with van der Waals surface area (Å²) >= 11 is 1.68. The number of nitrogens with zero attached hydrogens (tertiary/aromatic N) is 2. The number of rotatable bonds is 3. The van der Waals surface area contributed by atoms with Crippen molar-refractivity contribution in [1.82, 2.24) is 10.3 Å². The van der Waals surface area contributed by atoms with Crippen LogP contribution in [0.2, 0.25) is 0 Å². The van der Waals surface area contributed by atoms with Crippen molar-refractivity contribution < 1.29 is 0 Å². The first kappa shape index (κ1) is 12.6. The number of guanidine groups is 1. The van der Waals surface area contributed by atoms with Gasteiger partial charge in [-0.3, -0.25) is 4.99 Å². The van der Waals surface area contributed by atoms with Crippen molar-refractivity contribution in [2.24, 2.45) is 10.7 Å². The molecule has 2 aromatic rings. The average molecular weight is 260 g/mol. The predicted molar refractivity (Wildman–Crippen MR) is 76.7 cm³/mol. The number of hydrogen-bond donors (Lipinski definition) is 2. The monoisotopic (exact) mass is 260 g/mol. The van der Waals surface area contributed by atoms with E-state index in [4.69, 9.17) is 5.73 Å². The Hall–Kier alpha value is -1.88. The summed E-state index contributed by atoms with van der Waals surface area (Å²) in [7, 11) is 1.66. The van der Waals surface area contributed by atoms with E-state index in [1.54, 1.807) is 18.4 Å². The van der Waals surface area contributed by atoms with Gasteiger partial charge in [-0.05, 0) is 6.92 Å². The van der Waals surface area contributed by atoms with Gasteiger partial charge in [-0.15, -0.1) is 11.3 Å². The second-order valence-electron chi connectivity index (χ2n) is 3.86. The molecule has 0 aliphatic carbocycles. The normalized spacial score (nSPS) is 11.6. The van der Waals surface area contributed by atoms with Gasteiger partial charge in [-0.1, -0.05) is 30.3 Å². The SMILES string of the molecule is CN=C(N)NCc1sc(-c2ccccc2)nc1C. The fourth-order valence-electron chi connectivity index (χ4n) is 1.55. The third-order valence-electron chi connectivity index (χ3n) is 2.58. The highest BCUT2D eigenvalue weighted by molar-refractivity contribution is 7.15. The van der Waals surface area contributed by atoms with Crippen LogP contribution in [-0.4, -0.2) is 18.0 Å². The summed E-state index contributed by atoms with van der Waals surface area (Å²) in [6, 6.07) is 10.2. The highest BCUT2D eigenvalue weighted by Crippen LogP contribution is 2.27. The second kappa shape index (κ2) is 5.64. The number of thiazole rings is 1. The summed E-state index contributed by atoms with van der Waals surface area (Å²) < 4.78 is 0. The maximum Gasteiger partial charge on any atom is 0.188 e. The standard InChI is InChI=1S/C13H16N4S/c1-9-11(8-16-13(14)15-2)18-12(17-9)10-6-4-3-5-7-10/h3-7H,8H2,1-2H3,(H3,14,15,16). The van der Waals surface area contributed by atoms with E-state index in [1.165, 1.54) is 4.88 Å². The van der Waals surface area contributed by atoms with Crippen LogP contribution < -0.4 is 11.1 Å². The van der Waals surface area contributed by atoms with E-state index in [-0.39, 0.29) is 0 Å². The Morgan fingerprint density at radius 3 is 2.78 bits per heavy atom. The smallest absolute Gasteiger partial charge is 0.188 e. The zero-order chi connectivity index (χ0) is 13.0. The lowest BCUT2D eigenvalue weighted by Crippen LogP contribution is -2.30. The Labute approximate surface area is 111 Å². The van der Waals surface area contributed by atoms with Gasteiger partial charge in [0.1, 0.15) is 5.01 Å². The lowest BCUT2D eigenvalue weighted by Gasteiger charge is -2.02. The van der Waals surface area contributed by atoms with E-state index in [0.717, 1.165) is 16.3 Å². The maximum atomic E-state index is 5.61. The molecule has 0 radical (unpaired) electrons. The molecule has 0 aliphatic heterocycles. The highest BCUT2D eigenvalue weighted by atomic mass is 32.1. The number of aryl methyl sites for hydroxylation is 1. The van der Waals surface area contributed by atoms with Crippen LogP contribution in [0.5, 0.6) is 0 Å². The zero-order valence-electron chi connectivity index (χ0n) is 10.5. The van der Waals surface area contributed by atoms with Crippen LogP contribution in [0.15, 0.2) is 35.3 Å². The Morgan fingerprint density at radius 2 is 2.11 bits per heavy atom. The first-order valence-electron chi connectivity index (χ1n) is 5.68. The molecule has 4 nitrogen and oxygen atoms in total. The third-order valence-corrected chi connectivity index (χ3v) is 3.79. The van der Waals surface area contributed by atoms with Crippen LogP contribution in [0.1, 0.15) is 10.6 Å². The quantitative estimate of drug-likeness (QED) is 0.656. The first-order chi connectivity index (χ1) is 8.70. The van der Waals surface area contributed by atoms with Gasteiger partial charge in [0.2, 0.25) is 0 Å². The minimum atomic E-state index is 0.448. The molecular formula is C13H16N4S. The van der Waals surface area contributed by atoms with E-state index < -0.39 is 0 Å². The fraction of sp³-hybridized carbons (Fsp3) is 0.231. The van der Waals surface area contributed by atoms with Crippen molar-refractivity contribution in [3.63, 3.8) is 0 Å². The van der Waals surface area contributed by atoms with Gasteiger partial charge in [-0.2, -0.15) is 0 Å². The van der Waals surface area contributed by atoms with Gasteiger partial charge >= 0.3 is 0 Å². The molecule has 0 unspecified atom stereocenters. The van der Waals surface area contributed by atoms with E-state index in [9.17, 15) is 0 Å². The maximum absolute atomic E-state index is 5.61. The molecule has 0 bridgehead atoms. The van der Waals surface area contributed by atoms with Crippen LogP contribution in [0.3, 0.4) is 0 Å². The van der Waals surface area contributed by atoms with Crippen molar-refractivity contribution >= 4 is 17.3 Å². The minimum absolute atomic E-state index is 0.448. The Kier molecular flexibility index (Phi) is 3.94. The number of benzene rings is 1. The third kappa shape index (κ3) is 2.87. The van der Waals surface area contributed by atoms with Gasteiger partial charge in [0.25, 0.3) is 0 Å². The van der Waals surface area contributed by atoms with E-state index in [2.05, 4.69) is 27.4 Å². The summed E-state index contributed by atoms with van der Waals surface area (Å²) in [6.07, 6.45) is 0. The van der Waals surface area contributed by atoms with E-state index in [0.29, 0.717) is 12.5 Å². The molecular weight excluding hydrogens is 244 g/mol. The van der Waals surface area contributed by atoms with Crippen LogP contribution in [0, 0.1) is 6.92 Å². The summed E-state index contributed by atoms with van der Waals surface area (Å²) in [6.45, 7) is 2.68. The van der Waals surface area contributed by atoms with Gasteiger partial charge < -0.3 is 11.1 Å². The topological polar surface area (TPSA) is 63.3 Å². The van der Waals surface area contributed by atoms with Crippen molar-refractivity contribution in [2.75, 3.05) is 7.05 Å². The Balaban J connectivity index is 2.17. The molecule has 1 aromatic heterocycles. The molecule has 0 amide bonds. The van der Waals surface area contributed by atoms with Gasteiger partial charge in [0, 0.05) is 17.5 Å². The number of nitrogens with one attached hydrogen (secondary N) is 1. The number of nitrogens with two attached hydrogens (primary N) is 1. The molecule has 0 atom stereocenters. The largest absolute Gasteiger partial charge is 0.370 e. The first-order valence-corrected chi connectivity index (χ1v) is 6.50. The Morgan fingerprint density at radius 1 is 1.39 bits per heavy atom. The number of aromatic nitrogens is 1. The van der Waals surface area contributed by atoms with Crippen LogP contribution in [0.25, 0.3) is 10.6 Å². The molecule has 5 heteroatoms. The predicted octanol–water partition coefficient (Wildman–Crippen LogP) is 2.15. The molecule has 3 N–H and O–H groups in total. The molecule has 0 spiro atoms. The number of hydrogen-bond acceptors (Lipinski definition) is 3. The summed E-state index contributed by atoms with van der Waals surface area (Å²) in [4.78, 5) is 9.63. The molecule has 2 rings (SSSR count). The summed E-state index contributed by atoms with van der Waals surface area (Å²) in [5.74, 6) is 0.448. The molecule has 0 fully saturated rings. The number of aliphatic imine (C=N–C) groups is 1. The van der Waals surface area contributed by atoms with Crippen molar-refractivity contribution in [3.8, 4) is 10.6 Å². The second-order valence-corrected chi connectivity index (χ2v) is 4.94. The lowest BCUT2D eigenvalue weighted by molar-refractivity contribution is 0.905. The van der Waals surface area contributed by atoms with Gasteiger partial charge in [-0.25, -0.2) is 4.98 Å². The molecule has 0 saturated heterocycles. The van der Waals surface area contributed by atoms with E-state index >= 15 is 0 Å². The van der Waals surface area contributed by atoms with Crippen LogP contribution in [0.4, 0.5) is 0 Å². The zero-order valence-corrected chi connectivity index (χ0v) is 11.3. The van der Waals surface area contributed by atoms with Crippen LogP contribution >= 0.6 is 11.3 Å². The molecule has 0 aliphatic rings. The summed E-state index contributed by atoms with van der Waals surface area (Å²) in [5.41, 5.74) is 7.80. The van der Waals surface area contributed by atoms with E-state index in [1.807, 2.05) is 25.1 Å². The molecule has 18 heavy (non-hydrogen) atoms. The highest BCUT2D eigenvalue weighted by Gasteiger charge is 2.08. The van der Waals surface area contributed by atoms with Crippen molar-refractivity contribution in [3.05, 3.63) is 40.9 Å². The molecule has 1 heterocycles. The minimum Gasteiger partial charge on any atom is -0.370 e. The van der Waals surface area contributed by atoms with Crippen LogP contribution in [-0.2, 0) is 6.54 Å². The molecule has 1 aromatic carbocycles. The summed E-state index contributed by atoms with van der Waals surface area (Å²) in [5, 5.41) is 4.09. The van der Waals surface area contributed by atoms with Crippen molar-refractivity contribution in [2.45, 2.75) is 13.5 Å². The van der Waals surface area contributed by atoms with Crippen molar-refractivity contribution in [1.29, 1.82) is 0 Å². The van der Waals surface area contributed by atoms with Gasteiger partial charge in [0.05, 0.1) is 12.2 Å². The Bertz CT molecular complexity index is 545. The average Bonchev–Trinajstić information content (AvgIpc) is 2.78. The molecule has 94 valence electrons. The fourth-order valence-corrected chi connectivity index (χ4v) is 2.55. The molecule has 0 saturated carbocycles.